The molecule has 1 aliphatic rings. The number of amides is 1. The molecule has 0 aromatic heterocycles. The molecule has 5 heteroatoms. The SMILES string of the molecule is CC1C(=O)Nc2cc(C(C)(C)C)ccc2S1(=O)=O. The minimum absolute atomic E-state index is 0.0907. The normalized spacial score (nSPS) is 22.2. The highest BCUT2D eigenvalue weighted by Gasteiger charge is 2.37. The van der Waals surface area contributed by atoms with Gasteiger partial charge in [0.05, 0.1) is 10.6 Å². The number of anilines is 1. The fourth-order valence-electron chi connectivity index (χ4n) is 1.91. The summed E-state index contributed by atoms with van der Waals surface area (Å²) in [7, 11) is -3.54. The fraction of sp³-hybridized carbons (Fsp3) is 0.462. The summed E-state index contributed by atoms with van der Waals surface area (Å²) < 4.78 is 24.2. The quantitative estimate of drug-likeness (QED) is 0.783. The molecule has 4 nitrogen and oxygen atoms in total. The van der Waals surface area contributed by atoms with Gasteiger partial charge in [-0.15, -0.1) is 0 Å². The van der Waals surface area contributed by atoms with Gasteiger partial charge in [-0.2, -0.15) is 0 Å². The van der Waals surface area contributed by atoms with Gasteiger partial charge in [0.1, 0.15) is 5.25 Å². The molecule has 0 fully saturated rings. The molecule has 98 valence electrons. The number of benzene rings is 1. The average Bonchev–Trinajstić information content (AvgIpc) is 2.24. The highest BCUT2D eigenvalue weighted by Crippen LogP contribution is 2.34. The van der Waals surface area contributed by atoms with Crippen LogP contribution in [-0.4, -0.2) is 19.6 Å². The highest BCUT2D eigenvalue weighted by molar-refractivity contribution is 7.93. The van der Waals surface area contributed by atoms with E-state index in [0.717, 1.165) is 5.56 Å². The van der Waals surface area contributed by atoms with E-state index < -0.39 is 21.0 Å². The van der Waals surface area contributed by atoms with Gasteiger partial charge in [0.15, 0.2) is 9.84 Å². The molecule has 18 heavy (non-hydrogen) atoms. The van der Waals surface area contributed by atoms with E-state index in [2.05, 4.69) is 5.32 Å². The van der Waals surface area contributed by atoms with Crippen LogP contribution < -0.4 is 5.32 Å². The average molecular weight is 267 g/mol. The molecule has 1 aromatic rings. The Balaban J connectivity index is 2.64. The van der Waals surface area contributed by atoms with Crippen LogP contribution in [0.2, 0.25) is 0 Å². The lowest BCUT2D eigenvalue weighted by molar-refractivity contribution is -0.115. The fourth-order valence-corrected chi connectivity index (χ4v) is 3.30. The molecular formula is C13H17NO3S. The molecule has 1 unspecified atom stereocenters. The molecule has 2 rings (SSSR count). The molecule has 0 aliphatic carbocycles. The van der Waals surface area contributed by atoms with E-state index in [0.29, 0.717) is 5.69 Å². The lowest BCUT2D eigenvalue weighted by atomic mass is 9.87. The molecular weight excluding hydrogens is 250 g/mol. The number of carbonyl (C=O) groups is 1. The Morgan fingerprint density at radius 2 is 1.83 bits per heavy atom. The standard InChI is InChI=1S/C13H17NO3S/c1-8-12(15)14-10-7-9(13(2,3)4)5-6-11(10)18(8,16)17/h5-8H,1-4H3,(H,14,15). The topological polar surface area (TPSA) is 63.2 Å². The number of rotatable bonds is 0. The molecule has 0 saturated carbocycles. The maximum Gasteiger partial charge on any atom is 0.242 e. The second kappa shape index (κ2) is 3.82. The van der Waals surface area contributed by atoms with Crippen LogP contribution in [0.25, 0.3) is 0 Å². The summed E-state index contributed by atoms with van der Waals surface area (Å²) in [6, 6.07) is 5.14. The van der Waals surface area contributed by atoms with E-state index in [4.69, 9.17) is 0 Å². The minimum Gasteiger partial charge on any atom is -0.324 e. The second-order valence-corrected chi connectivity index (χ2v) is 7.87. The summed E-state index contributed by atoms with van der Waals surface area (Å²) in [6.07, 6.45) is 0. The molecule has 0 spiro atoms. The Morgan fingerprint density at radius 3 is 2.39 bits per heavy atom. The summed E-state index contributed by atoms with van der Waals surface area (Å²) in [4.78, 5) is 11.9. The Morgan fingerprint density at radius 1 is 1.22 bits per heavy atom. The number of nitrogens with one attached hydrogen (secondary N) is 1. The van der Waals surface area contributed by atoms with Crippen molar-refractivity contribution in [3.63, 3.8) is 0 Å². The molecule has 0 radical (unpaired) electrons. The first-order chi connectivity index (χ1) is 8.14. The van der Waals surface area contributed by atoms with Gasteiger partial charge in [-0.1, -0.05) is 26.8 Å². The van der Waals surface area contributed by atoms with Gasteiger partial charge in [0.2, 0.25) is 5.91 Å². The van der Waals surface area contributed by atoms with Gasteiger partial charge < -0.3 is 5.32 Å². The predicted molar refractivity (Wildman–Crippen MR) is 70.4 cm³/mol. The lowest BCUT2D eigenvalue weighted by Crippen LogP contribution is -2.37. The number of sulfone groups is 1. The third-order valence-corrected chi connectivity index (χ3v) is 5.36. The van der Waals surface area contributed by atoms with Crippen LogP contribution in [0.1, 0.15) is 33.3 Å². The first kappa shape index (κ1) is 13.1. The minimum atomic E-state index is -3.54. The zero-order valence-electron chi connectivity index (χ0n) is 10.9. The first-order valence-corrected chi connectivity index (χ1v) is 7.38. The summed E-state index contributed by atoms with van der Waals surface area (Å²) >= 11 is 0. The third-order valence-electron chi connectivity index (χ3n) is 3.24. The zero-order valence-corrected chi connectivity index (χ0v) is 11.8. The van der Waals surface area contributed by atoms with Crippen molar-refractivity contribution in [2.75, 3.05) is 5.32 Å². The second-order valence-electron chi connectivity index (χ2n) is 5.64. The van der Waals surface area contributed by atoms with E-state index in [1.54, 1.807) is 18.2 Å². The van der Waals surface area contributed by atoms with Crippen LogP contribution in [0, 0.1) is 0 Å². The molecule has 0 saturated heterocycles. The number of fused-ring (bicyclic) bond motifs is 1. The van der Waals surface area contributed by atoms with E-state index >= 15 is 0 Å². The van der Waals surface area contributed by atoms with Gasteiger partial charge in [-0.25, -0.2) is 8.42 Å². The first-order valence-electron chi connectivity index (χ1n) is 5.83. The van der Waals surface area contributed by atoms with Gasteiger partial charge >= 0.3 is 0 Å². The van der Waals surface area contributed by atoms with Gasteiger partial charge in [-0.3, -0.25) is 4.79 Å². The van der Waals surface area contributed by atoms with E-state index in [-0.39, 0.29) is 10.3 Å². The molecule has 1 amide bonds. The van der Waals surface area contributed by atoms with Gasteiger partial charge in [0, 0.05) is 0 Å². The summed E-state index contributed by atoms with van der Waals surface area (Å²) in [6.45, 7) is 7.52. The Labute approximate surface area is 107 Å². The molecule has 1 atom stereocenters. The van der Waals surface area contributed by atoms with Crippen molar-refractivity contribution in [2.45, 2.75) is 43.3 Å². The van der Waals surface area contributed by atoms with Gasteiger partial charge in [0.25, 0.3) is 0 Å². The van der Waals surface area contributed by atoms with Crippen molar-refractivity contribution >= 4 is 21.4 Å². The molecule has 1 N–H and O–H groups in total. The highest BCUT2D eigenvalue weighted by atomic mass is 32.2. The molecule has 1 aromatic carbocycles. The van der Waals surface area contributed by atoms with Crippen LogP contribution in [0.4, 0.5) is 5.69 Å². The van der Waals surface area contributed by atoms with Gasteiger partial charge in [-0.05, 0) is 30.0 Å². The van der Waals surface area contributed by atoms with E-state index in [9.17, 15) is 13.2 Å². The maximum absolute atomic E-state index is 12.1. The van der Waals surface area contributed by atoms with Crippen LogP contribution in [0.5, 0.6) is 0 Å². The predicted octanol–water partition coefficient (Wildman–Crippen LogP) is 2.10. The number of hydrogen-bond acceptors (Lipinski definition) is 3. The maximum atomic E-state index is 12.1. The van der Waals surface area contributed by atoms with Crippen molar-refractivity contribution in [3.05, 3.63) is 23.8 Å². The molecule has 0 bridgehead atoms. The van der Waals surface area contributed by atoms with Crippen molar-refractivity contribution < 1.29 is 13.2 Å². The largest absolute Gasteiger partial charge is 0.324 e. The van der Waals surface area contributed by atoms with Crippen molar-refractivity contribution in [1.29, 1.82) is 0 Å². The Hall–Kier alpha value is -1.36. The van der Waals surface area contributed by atoms with Crippen LogP contribution in [0.3, 0.4) is 0 Å². The number of carbonyl (C=O) groups excluding carboxylic acids is 1. The summed E-state index contributed by atoms with van der Waals surface area (Å²) in [5.74, 6) is -0.464. The Bertz CT molecular complexity index is 612. The number of hydrogen-bond donors (Lipinski definition) is 1. The monoisotopic (exact) mass is 267 g/mol. The molecule has 1 heterocycles. The smallest absolute Gasteiger partial charge is 0.242 e. The summed E-state index contributed by atoms with van der Waals surface area (Å²) in [5, 5.41) is 1.64. The van der Waals surface area contributed by atoms with Crippen molar-refractivity contribution in [1.82, 2.24) is 0 Å². The third kappa shape index (κ3) is 1.92. The van der Waals surface area contributed by atoms with E-state index in [1.807, 2.05) is 20.8 Å². The van der Waals surface area contributed by atoms with E-state index in [1.165, 1.54) is 6.92 Å². The van der Waals surface area contributed by atoms with Crippen LogP contribution in [0.15, 0.2) is 23.1 Å². The summed E-state index contributed by atoms with van der Waals surface area (Å²) in [5.41, 5.74) is 1.30. The van der Waals surface area contributed by atoms with Crippen LogP contribution in [-0.2, 0) is 20.0 Å². The Kier molecular flexibility index (Phi) is 2.77. The molecule has 1 aliphatic heterocycles. The zero-order chi connectivity index (χ0) is 13.7. The van der Waals surface area contributed by atoms with Crippen molar-refractivity contribution in [3.8, 4) is 0 Å². The lowest BCUT2D eigenvalue weighted by Gasteiger charge is -2.25. The van der Waals surface area contributed by atoms with Crippen molar-refractivity contribution in [2.24, 2.45) is 0 Å². The van der Waals surface area contributed by atoms with Crippen LogP contribution >= 0.6 is 0 Å².